The molecule has 5 nitrogen and oxygen atoms in total. The largest absolute Gasteiger partial charge is 0.370 e. The van der Waals surface area contributed by atoms with Crippen LogP contribution in [0.25, 0.3) is 0 Å². The highest BCUT2D eigenvalue weighted by Crippen LogP contribution is 2.32. The summed E-state index contributed by atoms with van der Waals surface area (Å²) >= 11 is 0. The van der Waals surface area contributed by atoms with Crippen LogP contribution in [0, 0.1) is 0 Å². The SMILES string of the molecule is NC1CCCCCCC1c1nc(C2CCCO2)no1. The van der Waals surface area contributed by atoms with Crippen molar-refractivity contribution in [3.8, 4) is 0 Å². The summed E-state index contributed by atoms with van der Waals surface area (Å²) in [6.45, 7) is 0.803. The van der Waals surface area contributed by atoms with Gasteiger partial charge in [-0.2, -0.15) is 4.98 Å². The zero-order valence-corrected chi connectivity index (χ0v) is 11.4. The molecule has 0 spiro atoms. The van der Waals surface area contributed by atoms with Gasteiger partial charge in [0.15, 0.2) is 0 Å². The Morgan fingerprint density at radius 3 is 2.63 bits per heavy atom. The van der Waals surface area contributed by atoms with Crippen molar-refractivity contribution in [3.63, 3.8) is 0 Å². The molecule has 1 aliphatic heterocycles. The smallest absolute Gasteiger partial charge is 0.231 e. The Balaban J connectivity index is 1.72. The molecular formula is C14H23N3O2. The van der Waals surface area contributed by atoms with Crippen LogP contribution >= 0.6 is 0 Å². The molecule has 3 atom stereocenters. The molecule has 1 saturated heterocycles. The van der Waals surface area contributed by atoms with Gasteiger partial charge in [0, 0.05) is 12.6 Å². The van der Waals surface area contributed by atoms with Crippen LogP contribution < -0.4 is 5.73 Å². The minimum Gasteiger partial charge on any atom is -0.370 e. The lowest BCUT2D eigenvalue weighted by molar-refractivity contribution is 0.103. The van der Waals surface area contributed by atoms with E-state index in [2.05, 4.69) is 10.1 Å². The van der Waals surface area contributed by atoms with Gasteiger partial charge in [-0.3, -0.25) is 0 Å². The first-order valence-corrected chi connectivity index (χ1v) is 7.55. The predicted molar refractivity (Wildman–Crippen MR) is 70.6 cm³/mol. The Labute approximate surface area is 113 Å². The van der Waals surface area contributed by atoms with E-state index in [-0.39, 0.29) is 18.1 Å². The summed E-state index contributed by atoms with van der Waals surface area (Å²) in [6, 6.07) is 0.151. The Kier molecular flexibility index (Phi) is 4.13. The standard InChI is InChI=1S/C14H23N3O2/c15-11-7-4-2-1-3-6-10(11)14-16-13(17-19-14)12-8-5-9-18-12/h10-12H,1-9,15H2. The van der Waals surface area contributed by atoms with Crippen LogP contribution in [0.4, 0.5) is 0 Å². The second kappa shape index (κ2) is 6.01. The summed E-state index contributed by atoms with van der Waals surface area (Å²) in [5.41, 5.74) is 6.28. The van der Waals surface area contributed by atoms with E-state index in [1.165, 1.54) is 25.7 Å². The maximum absolute atomic E-state index is 6.28. The minimum absolute atomic E-state index is 0.0299. The quantitative estimate of drug-likeness (QED) is 0.889. The van der Waals surface area contributed by atoms with Gasteiger partial charge in [0.2, 0.25) is 11.7 Å². The van der Waals surface area contributed by atoms with Crippen LogP contribution in [0.2, 0.25) is 0 Å². The van der Waals surface area contributed by atoms with Crippen molar-refractivity contribution in [1.82, 2.24) is 10.1 Å². The third kappa shape index (κ3) is 2.98. The Morgan fingerprint density at radius 2 is 1.84 bits per heavy atom. The molecule has 2 aliphatic rings. The van der Waals surface area contributed by atoms with Crippen molar-refractivity contribution in [3.05, 3.63) is 11.7 Å². The lowest BCUT2D eigenvalue weighted by Crippen LogP contribution is -2.29. The van der Waals surface area contributed by atoms with Crippen LogP contribution in [0.15, 0.2) is 4.52 Å². The summed E-state index contributed by atoms with van der Waals surface area (Å²) in [6.07, 6.45) is 9.23. The van der Waals surface area contributed by atoms with E-state index in [9.17, 15) is 0 Å². The Bertz CT molecular complexity index is 401. The molecule has 2 heterocycles. The third-order valence-corrected chi connectivity index (χ3v) is 4.31. The summed E-state index contributed by atoms with van der Waals surface area (Å²) < 4.78 is 11.1. The van der Waals surface area contributed by atoms with Crippen molar-refractivity contribution >= 4 is 0 Å². The van der Waals surface area contributed by atoms with Crippen LogP contribution in [-0.4, -0.2) is 22.8 Å². The van der Waals surface area contributed by atoms with Crippen molar-refractivity contribution in [2.75, 3.05) is 6.61 Å². The van der Waals surface area contributed by atoms with E-state index in [1.54, 1.807) is 0 Å². The first-order chi connectivity index (χ1) is 9.34. The van der Waals surface area contributed by atoms with Crippen molar-refractivity contribution in [1.29, 1.82) is 0 Å². The third-order valence-electron chi connectivity index (χ3n) is 4.31. The zero-order valence-electron chi connectivity index (χ0n) is 11.4. The normalized spacial score (nSPS) is 33.0. The van der Waals surface area contributed by atoms with E-state index >= 15 is 0 Å². The molecule has 1 saturated carbocycles. The first-order valence-electron chi connectivity index (χ1n) is 7.55. The highest BCUT2D eigenvalue weighted by molar-refractivity contribution is 5.01. The fourth-order valence-electron chi connectivity index (χ4n) is 3.13. The number of aromatic nitrogens is 2. The Hall–Kier alpha value is -0.940. The van der Waals surface area contributed by atoms with Gasteiger partial charge < -0.3 is 15.0 Å². The van der Waals surface area contributed by atoms with Crippen molar-refractivity contribution in [2.45, 2.75) is 69.4 Å². The second-order valence-electron chi connectivity index (χ2n) is 5.75. The average molecular weight is 265 g/mol. The van der Waals surface area contributed by atoms with Crippen LogP contribution in [-0.2, 0) is 4.74 Å². The lowest BCUT2D eigenvalue weighted by atomic mass is 9.87. The monoisotopic (exact) mass is 265 g/mol. The molecule has 1 aliphatic carbocycles. The maximum Gasteiger partial charge on any atom is 0.231 e. The van der Waals surface area contributed by atoms with Gasteiger partial charge in [0.1, 0.15) is 6.10 Å². The van der Waals surface area contributed by atoms with Gasteiger partial charge in [-0.25, -0.2) is 0 Å². The summed E-state index contributed by atoms with van der Waals surface area (Å²) in [5, 5.41) is 4.10. The van der Waals surface area contributed by atoms with Gasteiger partial charge >= 0.3 is 0 Å². The first kappa shape index (κ1) is 13.1. The summed E-state index contributed by atoms with van der Waals surface area (Å²) in [4.78, 5) is 4.56. The fraction of sp³-hybridized carbons (Fsp3) is 0.857. The van der Waals surface area contributed by atoms with E-state index in [1.807, 2.05) is 0 Å². The van der Waals surface area contributed by atoms with Gasteiger partial charge in [-0.1, -0.05) is 30.8 Å². The van der Waals surface area contributed by atoms with Gasteiger partial charge in [-0.15, -0.1) is 0 Å². The van der Waals surface area contributed by atoms with Gasteiger partial charge in [-0.05, 0) is 25.7 Å². The predicted octanol–water partition coefficient (Wildman–Crippen LogP) is 2.69. The molecule has 0 amide bonds. The van der Waals surface area contributed by atoms with Crippen LogP contribution in [0.3, 0.4) is 0 Å². The molecule has 106 valence electrons. The van der Waals surface area contributed by atoms with E-state index in [0.717, 1.165) is 38.2 Å². The molecule has 3 rings (SSSR count). The van der Waals surface area contributed by atoms with E-state index < -0.39 is 0 Å². The van der Waals surface area contributed by atoms with Gasteiger partial charge in [0.05, 0.1) is 5.92 Å². The maximum atomic E-state index is 6.28. The van der Waals surface area contributed by atoms with Gasteiger partial charge in [0.25, 0.3) is 0 Å². The highest BCUT2D eigenvalue weighted by atomic mass is 16.5. The topological polar surface area (TPSA) is 74.2 Å². The summed E-state index contributed by atoms with van der Waals surface area (Å²) in [7, 11) is 0. The number of nitrogens with zero attached hydrogens (tertiary/aromatic N) is 2. The molecule has 2 fully saturated rings. The molecule has 2 N–H and O–H groups in total. The van der Waals surface area contributed by atoms with E-state index in [0.29, 0.717) is 5.82 Å². The number of hydrogen-bond acceptors (Lipinski definition) is 5. The molecule has 5 heteroatoms. The lowest BCUT2D eigenvalue weighted by Gasteiger charge is -2.22. The number of hydrogen-bond donors (Lipinski definition) is 1. The van der Waals surface area contributed by atoms with Crippen LogP contribution in [0.5, 0.6) is 0 Å². The fourth-order valence-corrected chi connectivity index (χ4v) is 3.13. The molecule has 1 aromatic rings. The number of rotatable bonds is 2. The van der Waals surface area contributed by atoms with Crippen molar-refractivity contribution < 1.29 is 9.26 Å². The second-order valence-corrected chi connectivity index (χ2v) is 5.75. The van der Waals surface area contributed by atoms with E-state index in [4.69, 9.17) is 15.0 Å². The molecule has 1 aromatic heterocycles. The molecule has 0 radical (unpaired) electrons. The highest BCUT2D eigenvalue weighted by Gasteiger charge is 2.29. The average Bonchev–Trinajstić information content (AvgIpc) is 3.04. The number of ether oxygens (including phenoxy) is 1. The molecule has 19 heavy (non-hydrogen) atoms. The minimum atomic E-state index is 0.0299. The molecule has 0 aromatic carbocycles. The summed E-state index contributed by atoms with van der Waals surface area (Å²) in [5.74, 6) is 1.66. The molecule has 3 unspecified atom stereocenters. The Morgan fingerprint density at radius 1 is 1.00 bits per heavy atom. The molecule has 0 bridgehead atoms. The molecular weight excluding hydrogens is 242 g/mol. The number of nitrogens with two attached hydrogens (primary N) is 1. The zero-order chi connectivity index (χ0) is 13.1. The van der Waals surface area contributed by atoms with Crippen LogP contribution in [0.1, 0.15) is 75.1 Å². The van der Waals surface area contributed by atoms with Crippen molar-refractivity contribution in [2.24, 2.45) is 5.73 Å².